The van der Waals surface area contributed by atoms with Crippen molar-refractivity contribution < 1.29 is 27.5 Å². The van der Waals surface area contributed by atoms with Crippen molar-refractivity contribution in [3.8, 4) is 5.75 Å². The van der Waals surface area contributed by atoms with Gasteiger partial charge in [-0.15, -0.1) is 0 Å². The van der Waals surface area contributed by atoms with E-state index in [9.17, 15) is 18.0 Å². The van der Waals surface area contributed by atoms with Crippen LogP contribution in [0.1, 0.15) is 16.7 Å². The van der Waals surface area contributed by atoms with Gasteiger partial charge in [-0.05, 0) is 48.7 Å². The van der Waals surface area contributed by atoms with Crippen molar-refractivity contribution in [1.82, 2.24) is 5.43 Å². The summed E-state index contributed by atoms with van der Waals surface area (Å²) in [7, 11) is -2.42. The SMILES string of the molecule is COC(=O)COc1cccc(/C=N\NC(=O)CN(c2cccc(C)c2C)S(C)(=O)=O)c1. The molecular formula is C21H25N3O6S. The molecule has 0 spiro atoms. The number of hydrazone groups is 1. The number of hydrogen-bond acceptors (Lipinski definition) is 7. The van der Waals surface area contributed by atoms with Crippen LogP contribution in [0.5, 0.6) is 5.75 Å². The van der Waals surface area contributed by atoms with Crippen molar-refractivity contribution in [2.45, 2.75) is 13.8 Å². The number of amides is 1. The van der Waals surface area contributed by atoms with Crippen LogP contribution >= 0.6 is 0 Å². The Morgan fingerprint density at radius 3 is 2.55 bits per heavy atom. The van der Waals surface area contributed by atoms with E-state index in [0.29, 0.717) is 17.0 Å². The van der Waals surface area contributed by atoms with Gasteiger partial charge in [0.2, 0.25) is 10.0 Å². The molecule has 31 heavy (non-hydrogen) atoms. The molecule has 0 aliphatic heterocycles. The fraction of sp³-hybridized carbons (Fsp3) is 0.286. The second kappa shape index (κ2) is 10.6. The van der Waals surface area contributed by atoms with E-state index < -0.39 is 28.4 Å². The molecule has 0 radical (unpaired) electrons. The maximum atomic E-state index is 12.3. The molecule has 0 fully saturated rings. The van der Waals surface area contributed by atoms with E-state index in [-0.39, 0.29) is 6.61 Å². The molecule has 0 heterocycles. The molecule has 0 unspecified atom stereocenters. The van der Waals surface area contributed by atoms with Crippen LogP contribution in [0.15, 0.2) is 47.6 Å². The van der Waals surface area contributed by atoms with E-state index in [2.05, 4.69) is 15.3 Å². The third kappa shape index (κ3) is 7.10. The molecule has 9 nitrogen and oxygen atoms in total. The van der Waals surface area contributed by atoms with Crippen LogP contribution in [0, 0.1) is 13.8 Å². The van der Waals surface area contributed by atoms with Crippen LogP contribution in [0.2, 0.25) is 0 Å². The third-order valence-electron chi connectivity index (χ3n) is 4.38. The van der Waals surface area contributed by atoms with Crippen molar-refractivity contribution in [3.63, 3.8) is 0 Å². The summed E-state index contributed by atoms with van der Waals surface area (Å²) in [5.74, 6) is -0.676. The fourth-order valence-electron chi connectivity index (χ4n) is 2.62. The largest absolute Gasteiger partial charge is 0.482 e. The Morgan fingerprint density at radius 2 is 1.87 bits per heavy atom. The van der Waals surface area contributed by atoms with Gasteiger partial charge in [0, 0.05) is 0 Å². The summed E-state index contributed by atoms with van der Waals surface area (Å²) in [4.78, 5) is 23.5. The van der Waals surface area contributed by atoms with Crippen LogP contribution in [0.4, 0.5) is 5.69 Å². The number of methoxy groups -OCH3 is 1. The van der Waals surface area contributed by atoms with Gasteiger partial charge in [0.05, 0.1) is 25.3 Å². The highest BCUT2D eigenvalue weighted by molar-refractivity contribution is 7.92. The highest BCUT2D eigenvalue weighted by atomic mass is 32.2. The first-order chi connectivity index (χ1) is 14.6. The Bertz CT molecular complexity index is 1080. The number of hydrogen-bond donors (Lipinski definition) is 1. The maximum Gasteiger partial charge on any atom is 0.343 e. The van der Waals surface area contributed by atoms with Crippen LogP contribution in [0.25, 0.3) is 0 Å². The molecule has 2 aromatic carbocycles. The number of carbonyl (C=O) groups is 2. The first-order valence-corrected chi connectivity index (χ1v) is 11.1. The molecule has 0 bridgehead atoms. The number of anilines is 1. The number of rotatable bonds is 9. The highest BCUT2D eigenvalue weighted by Gasteiger charge is 2.22. The van der Waals surface area contributed by atoms with Gasteiger partial charge in [-0.3, -0.25) is 9.10 Å². The molecule has 1 amide bonds. The zero-order chi connectivity index (χ0) is 23.0. The third-order valence-corrected chi connectivity index (χ3v) is 5.50. The van der Waals surface area contributed by atoms with Crippen molar-refractivity contribution in [2.24, 2.45) is 5.10 Å². The molecule has 2 rings (SSSR count). The van der Waals surface area contributed by atoms with E-state index >= 15 is 0 Å². The number of benzene rings is 2. The Labute approximate surface area is 181 Å². The highest BCUT2D eigenvalue weighted by Crippen LogP contribution is 2.24. The standard InChI is InChI=1S/C21H25N3O6S/c1-15-7-5-10-19(16(15)2)24(31(4,27)28)13-20(25)23-22-12-17-8-6-9-18(11-17)30-14-21(26)29-3/h5-12H,13-14H2,1-4H3,(H,23,25)/b22-12-. The molecular weight excluding hydrogens is 422 g/mol. The number of nitrogens with one attached hydrogen (secondary N) is 1. The minimum Gasteiger partial charge on any atom is -0.482 e. The Hall–Kier alpha value is -3.40. The number of sulfonamides is 1. The van der Waals surface area contributed by atoms with E-state index in [1.807, 2.05) is 13.0 Å². The topological polar surface area (TPSA) is 114 Å². The molecule has 10 heteroatoms. The van der Waals surface area contributed by atoms with Crippen LogP contribution < -0.4 is 14.5 Å². The Balaban J connectivity index is 2.05. The quantitative estimate of drug-likeness (QED) is 0.356. The summed E-state index contributed by atoms with van der Waals surface area (Å²) in [6.45, 7) is 3.02. The average Bonchev–Trinajstić information content (AvgIpc) is 2.72. The second-order valence-corrected chi connectivity index (χ2v) is 8.63. The first kappa shape index (κ1) is 23.9. The van der Waals surface area contributed by atoms with Gasteiger partial charge in [-0.2, -0.15) is 5.10 Å². The van der Waals surface area contributed by atoms with Gasteiger partial charge < -0.3 is 9.47 Å². The van der Waals surface area contributed by atoms with E-state index in [1.54, 1.807) is 43.3 Å². The van der Waals surface area contributed by atoms with Crippen LogP contribution in [-0.4, -0.2) is 53.0 Å². The summed E-state index contributed by atoms with van der Waals surface area (Å²) in [5, 5.41) is 3.87. The molecule has 0 aliphatic rings. The number of nitrogens with zero attached hydrogens (tertiary/aromatic N) is 2. The van der Waals surface area contributed by atoms with Gasteiger partial charge in [-0.25, -0.2) is 18.6 Å². The van der Waals surface area contributed by atoms with Gasteiger partial charge >= 0.3 is 5.97 Å². The number of ether oxygens (including phenoxy) is 2. The zero-order valence-electron chi connectivity index (χ0n) is 17.8. The van der Waals surface area contributed by atoms with Gasteiger partial charge in [0.15, 0.2) is 6.61 Å². The van der Waals surface area contributed by atoms with Crippen LogP contribution in [-0.2, 0) is 24.3 Å². The Morgan fingerprint density at radius 1 is 1.16 bits per heavy atom. The summed E-state index contributed by atoms with van der Waals surface area (Å²) in [5.41, 5.74) is 5.06. The van der Waals surface area contributed by atoms with Gasteiger partial charge in [0.25, 0.3) is 5.91 Å². The molecule has 0 atom stereocenters. The van der Waals surface area contributed by atoms with E-state index in [0.717, 1.165) is 21.7 Å². The number of carbonyl (C=O) groups excluding carboxylic acids is 2. The predicted octanol–water partition coefficient (Wildman–Crippen LogP) is 1.77. The zero-order valence-corrected chi connectivity index (χ0v) is 18.6. The summed E-state index contributed by atoms with van der Waals surface area (Å²) in [6, 6.07) is 12.0. The monoisotopic (exact) mass is 447 g/mol. The molecule has 2 aromatic rings. The lowest BCUT2D eigenvalue weighted by atomic mass is 10.1. The predicted molar refractivity (Wildman–Crippen MR) is 118 cm³/mol. The Kier molecular flexibility index (Phi) is 8.14. The molecule has 166 valence electrons. The molecule has 0 aromatic heterocycles. The maximum absolute atomic E-state index is 12.3. The van der Waals surface area contributed by atoms with Gasteiger partial charge in [0.1, 0.15) is 12.3 Å². The summed E-state index contributed by atoms with van der Waals surface area (Å²) in [6.07, 6.45) is 2.43. The lowest BCUT2D eigenvalue weighted by molar-refractivity contribution is -0.142. The molecule has 0 saturated heterocycles. The molecule has 1 N–H and O–H groups in total. The minimum absolute atomic E-state index is 0.229. The van der Waals surface area contributed by atoms with Crippen LogP contribution in [0.3, 0.4) is 0 Å². The number of esters is 1. The smallest absolute Gasteiger partial charge is 0.343 e. The summed E-state index contributed by atoms with van der Waals surface area (Å²) < 4.78 is 35.4. The lowest BCUT2D eigenvalue weighted by Gasteiger charge is -2.23. The second-order valence-electron chi connectivity index (χ2n) is 6.72. The molecule has 0 aliphatic carbocycles. The van der Waals surface area contributed by atoms with Gasteiger partial charge in [-0.1, -0.05) is 24.3 Å². The van der Waals surface area contributed by atoms with Crippen molar-refractivity contribution >= 4 is 33.8 Å². The first-order valence-electron chi connectivity index (χ1n) is 9.27. The summed E-state index contributed by atoms with van der Waals surface area (Å²) >= 11 is 0. The van der Waals surface area contributed by atoms with E-state index in [1.165, 1.54) is 13.3 Å². The fourth-order valence-corrected chi connectivity index (χ4v) is 3.52. The van der Waals surface area contributed by atoms with Crippen molar-refractivity contribution in [3.05, 3.63) is 59.2 Å². The minimum atomic E-state index is -3.68. The number of aryl methyl sites for hydroxylation is 1. The lowest BCUT2D eigenvalue weighted by Crippen LogP contribution is -2.39. The molecule has 0 saturated carbocycles. The van der Waals surface area contributed by atoms with E-state index in [4.69, 9.17) is 4.74 Å². The van der Waals surface area contributed by atoms with Crippen molar-refractivity contribution in [2.75, 3.05) is 30.8 Å². The van der Waals surface area contributed by atoms with Crippen molar-refractivity contribution in [1.29, 1.82) is 0 Å². The average molecular weight is 448 g/mol. The normalized spacial score (nSPS) is 11.2.